The van der Waals surface area contributed by atoms with Gasteiger partial charge in [0.2, 0.25) is 0 Å². The minimum absolute atomic E-state index is 0.377. The third kappa shape index (κ3) is 3.74. The van der Waals surface area contributed by atoms with Crippen molar-refractivity contribution in [3.63, 3.8) is 0 Å². The predicted molar refractivity (Wildman–Crippen MR) is 81.9 cm³/mol. The van der Waals surface area contributed by atoms with Crippen molar-refractivity contribution < 1.29 is 0 Å². The van der Waals surface area contributed by atoms with Crippen LogP contribution in [0.25, 0.3) is 0 Å². The molecule has 1 aromatic heterocycles. The number of hydrogen-bond acceptors (Lipinski definition) is 3. The third-order valence-electron chi connectivity index (χ3n) is 2.16. The Labute approximate surface area is 130 Å². The molecule has 1 N–H and O–H groups in total. The molecule has 0 fully saturated rings. The van der Waals surface area contributed by atoms with Gasteiger partial charge < -0.3 is 0 Å². The summed E-state index contributed by atoms with van der Waals surface area (Å²) in [6.45, 7) is 0. The number of pyridine rings is 1. The number of aromatic nitrogens is 1. The Balaban J connectivity index is 2.14. The number of hydrogen-bond donors (Lipinski definition) is 1. The molecule has 0 unspecified atom stereocenters. The second kappa shape index (κ2) is 6.44. The zero-order chi connectivity index (χ0) is 13.8. The Kier molecular flexibility index (Phi) is 4.88. The number of nitrogens with one attached hydrogen (secondary N) is 1. The average molecular weight is 335 g/mol. The van der Waals surface area contributed by atoms with Gasteiger partial charge in [-0.3, -0.25) is 5.43 Å². The van der Waals surface area contributed by atoms with Crippen LogP contribution in [0.15, 0.2) is 35.6 Å². The molecule has 0 saturated carbocycles. The summed E-state index contributed by atoms with van der Waals surface area (Å²) in [4.78, 5) is 4.00. The van der Waals surface area contributed by atoms with Gasteiger partial charge >= 0.3 is 0 Å². The monoisotopic (exact) mass is 333 g/mol. The van der Waals surface area contributed by atoms with E-state index in [1.54, 1.807) is 24.3 Å². The molecule has 0 aliphatic heterocycles. The van der Waals surface area contributed by atoms with E-state index in [9.17, 15) is 0 Å². The Morgan fingerprint density at radius 1 is 1.11 bits per heavy atom. The SMILES string of the molecule is Clc1cnc(NN=Cc2cccc(Cl)c2Cl)c(Cl)c1. The Morgan fingerprint density at radius 2 is 1.89 bits per heavy atom. The van der Waals surface area contributed by atoms with Crippen molar-refractivity contribution in [1.82, 2.24) is 4.98 Å². The Bertz CT molecular complexity index is 628. The van der Waals surface area contributed by atoms with Crippen LogP contribution in [0.4, 0.5) is 5.82 Å². The fraction of sp³-hybridized carbons (Fsp3) is 0. The van der Waals surface area contributed by atoms with Gasteiger partial charge in [0.05, 0.1) is 26.3 Å². The first-order chi connectivity index (χ1) is 9.08. The molecule has 0 bridgehead atoms. The molecule has 0 aliphatic carbocycles. The molecule has 19 heavy (non-hydrogen) atoms. The van der Waals surface area contributed by atoms with E-state index in [2.05, 4.69) is 15.5 Å². The summed E-state index contributed by atoms with van der Waals surface area (Å²) < 4.78 is 0. The molecule has 1 heterocycles. The predicted octanol–water partition coefficient (Wildman–Crippen LogP) is 5.14. The normalized spacial score (nSPS) is 10.9. The molecule has 2 rings (SSSR count). The van der Waals surface area contributed by atoms with E-state index in [1.807, 2.05) is 0 Å². The summed E-state index contributed by atoms with van der Waals surface area (Å²) in [7, 11) is 0. The molecule has 0 aliphatic rings. The van der Waals surface area contributed by atoms with Crippen LogP contribution in [-0.4, -0.2) is 11.2 Å². The van der Waals surface area contributed by atoms with Crippen LogP contribution in [0.1, 0.15) is 5.56 Å². The van der Waals surface area contributed by atoms with Crippen LogP contribution in [0, 0.1) is 0 Å². The first kappa shape index (κ1) is 14.4. The van der Waals surface area contributed by atoms with Gasteiger partial charge in [0.1, 0.15) is 0 Å². The van der Waals surface area contributed by atoms with E-state index < -0.39 is 0 Å². The summed E-state index contributed by atoms with van der Waals surface area (Å²) in [6, 6.07) is 6.84. The van der Waals surface area contributed by atoms with Gasteiger partial charge in [0, 0.05) is 11.8 Å². The second-order valence-electron chi connectivity index (χ2n) is 3.50. The third-order valence-corrected chi connectivity index (χ3v) is 3.49. The molecule has 0 saturated heterocycles. The number of hydrazone groups is 1. The fourth-order valence-electron chi connectivity index (χ4n) is 1.28. The lowest BCUT2D eigenvalue weighted by Crippen LogP contribution is -1.94. The Morgan fingerprint density at radius 3 is 2.63 bits per heavy atom. The minimum atomic E-state index is 0.377. The van der Waals surface area contributed by atoms with Gasteiger partial charge in [-0.1, -0.05) is 58.5 Å². The molecule has 0 amide bonds. The van der Waals surface area contributed by atoms with E-state index in [-0.39, 0.29) is 0 Å². The Hall–Kier alpha value is -1.000. The highest BCUT2D eigenvalue weighted by Gasteiger charge is 2.03. The van der Waals surface area contributed by atoms with Crippen molar-refractivity contribution in [3.8, 4) is 0 Å². The summed E-state index contributed by atoms with van der Waals surface area (Å²) in [6.07, 6.45) is 3.00. The first-order valence-corrected chi connectivity index (χ1v) is 6.63. The summed E-state index contributed by atoms with van der Waals surface area (Å²) in [5, 5.41) is 5.73. The maximum atomic E-state index is 6.02. The van der Waals surface area contributed by atoms with E-state index in [4.69, 9.17) is 46.4 Å². The van der Waals surface area contributed by atoms with Gasteiger partial charge in [-0.05, 0) is 12.1 Å². The van der Waals surface area contributed by atoms with Crippen LogP contribution in [0.5, 0.6) is 0 Å². The van der Waals surface area contributed by atoms with Crippen molar-refractivity contribution in [1.29, 1.82) is 0 Å². The lowest BCUT2D eigenvalue weighted by Gasteiger charge is -2.03. The summed E-state index contributed by atoms with van der Waals surface area (Å²) in [5.41, 5.74) is 3.39. The molecule has 2 aromatic rings. The van der Waals surface area contributed by atoms with Gasteiger partial charge in [0.25, 0.3) is 0 Å². The lowest BCUT2D eigenvalue weighted by molar-refractivity contribution is 1.23. The highest BCUT2D eigenvalue weighted by molar-refractivity contribution is 6.43. The minimum Gasteiger partial charge on any atom is -0.260 e. The maximum absolute atomic E-state index is 6.02. The zero-order valence-electron chi connectivity index (χ0n) is 9.37. The zero-order valence-corrected chi connectivity index (χ0v) is 12.4. The molecule has 0 atom stereocenters. The molecule has 0 radical (unpaired) electrons. The highest BCUT2D eigenvalue weighted by atomic mass is 35.5. The van der Waals surface area contributed by atoms with E-state index in [0.29, 0.717) is 31.5 Å². The van der Waals surface area contributed by atoms with Crippen LogP contribution >= 0.6 is 46.4 Å². The number of rotatable bonds is 3. The number of benzene rings is 1. The smallest absolute Gasteiger partial charge is 0.165 e. The lowest BCUT2D eigenvalue weighted by atomic mass is 10.2. The molecule has 1 aromatic carbocycles. The van der Waals surface area contributed by atoms with E-state index in [1.165, 1.54) is 12.4 Å². The van der Waals surface area contributed by atoms with Crippen molar-refractivity contribution in [2.24, 2.45) is 5.10 Å². The number of nitrogens with zero attached hydrogens (tertiary/aromatic N) is 2. The molecular formula is C12H7Cl4N3. The second-order valence-corrected chi connectivity index (χ2v) is 5.13. The average Bonchev–Trinajstić information content (AvgIpc) is 2.37. The van der Waals surface area contributed by atoms with Gasteiger partial charge in [0.15, 0.2) is 5.82 Å². The van der Waals surface area contributed by atoms with Crippen LogP contribution in [0.2, 0.25) is 20.1 Å². The fourth-order valence-corrected chi connectivity index (χ4v) is 2.06. The van der Waals surface area contributed by atoms with Crippen LogP contribution in [0.3, 0.4) is 0 Å². The van der Waals surface area contributed by atoms with Crippen molar-refractivity contribution in [2.75, 3.05) is 5.43 Å². The summed E-state index contributed by atoms with van der Waals surface area (Å²) >= 11 is 23.6. The van der Waals surface area contributed by atoms with Crippen molar-refractivity contribution >= 4 is 58.4 Å². The molecule has 7 heteroatoms. The number of anilines is 1. The van der Waals surface area contributed by atoms with Gasteiger partial charge in [-0.2, -0.15) is 5.10 Å². The summed E-state index contributed by atoms with van der Waals surface area (Å²) in [5.74, 6) is 0.403. The van der Waals surface area contributed by atoms with Crippen LogP contribution in [-0.2, 0) is 0 Å². The standard InChI is InChI=1S/C12H7Cl4N3/c13-8-4-10(15)12(17-6-8)19-18-5-7-2-1-3-9(14)11(7)16/h1-6H,(H,17,19). The van der Waals surface area contributed by atoms with E-state index >= 15 is 0 Å². The van der Waals surface area contributed by atoms with Crippen molar-refractivity contribution in [3.05, 3.63) is 56.1 Å². The first-order valence-electron chi connectivity index (χ1n) is 5.12. The largest absolute Gasteiger partial charge is 0.260 e. The maximum Gasteiger partial charge on any atom is 0.165 e. The molecule has 3 nitrogen and oxygen atoms in total. The topological polar surface area (TPSA) is 37.3 Å². The quantitative estimate of drug-likeness (QED) is 0.623. The van der Waals surface area contributed by atoms with E-state index in [0.717, 1.165) is 0 Å². The van der Waals surface area contributed by atoms with Gasteiger partial charge in [-0.25, -0.2) is 4.98 Å². The number of halogens is 4. The van der Waals surface area contributed by atoms with Crippen LogP contribution < -0.4 is 5.43 Å². The molecule has 98 valence electrons. The molecular weight excluding hydrogens is 328 g/mol. The van der Waals surface area contributed by atoms with Crippen molar-refractivity contribution in [2.45, 2.75) is 0 Å². The molecule has 0 spiro atoms. The van der Waals surface area contributed by atoms with Gasteiger partial charge in [-0.15, -0.1) is 0 Å². The highest BCUT2D eigenvalue weighted by Crippen LogP contribution is 2.25.